The predicted octanol–water partition coefficient (Wildman–Crippen LogP) is 0.548. The molecule has 0 aliphatic heterocycles. The van der Waals surface area contributed by atoms with E-state index in [2.05, 4.69) is 10.6 Å². The maximum Gasteiger partial charge on any atom is 0.233 e. The number of nitrogens with one attached hydrogen (secondary N) is 2. The summed E-state index contributed by atoms with van der Waals surface area (Å²) in [5, 5.41) is 5.57. The van der Waals surface area contributed by atoms with Crippen molar-refractivity contribution < 1.29 is 19.0 Å². The minimum Gasteiger partial charge on any atom is -0.496 e. The lowest BCUT2D eigenvalue weighted by atomic mass is 10.1. The molecule has 6 nitrogen and oxygen atoms in total. The zero-order valence-electron chi connectivity index (χ0n) is 11.7. The van der Waals surface area contributed by atoms with Crippen LogP contribution < -0.4 is 24.8 Å². The van der Waals surface area contributed by atoms with E-state index in [-0.39, 0.29) is 12.5 Å². The SMILES string of the molecule is CNC(=O)CNCc1cc(OC)c(OC)cc1OC. The molecule has 0 radical (unpaired) electrons. The van der Waals surface area contributed by atoms with E-state index in [1.165, 1.54) is 0 Å². The summed E-state index contributed by atoms with van der Waals surface area (Å²) in [6, 6.07) is 3.59. The summed E-state index contributed by atoms with van der Waals surface area (Å²) >= 11 is 0. The van der Waals surface area contributed by atoms with Gasteiger partial charge in [-0.15, -0.1) is 0 Å². The second-order valence-electron chi connectivity index (χ2n) is 3.80. The molecule has 0 unspecified atom stereocenters. The van der Waals surface area contributed by atoms with Gasteiger partial charge in [0, 0.05) is 25.2 Å². The van der Waals surface area contributed by atoms with Crippen molar-refractivity contribution >= 4 is 5.91 Å². The van der Waals surface area contributed by atoms with Gasteiger partial charge in [-0.3, -0.25) is 4.79 Å². The highest BCUT2D eigenvalue weighted by Crippen LogP contribution is 2.34. The molecule has 0 spiro atoms. The zero-order chi connectivity index (χ0) is 14.3. The Kier molecular flexibility index (Phi) is 5.95. The van der Waals surface area contributed by atoms with Gasteiger partial charge in [-0.2, -0.15) is 0 Å². The van der Waals surface area contributed by atoms with E-state index in [1.54, 1.807) is 34.4 Å². The normalized spacial score (nSPS) is 9.89. The van der Waals surface area contributed by atoms with Gasteiger partial charge in [0.15, 0.2) is 11.5 Å². The van der Waals surface area contributed by atoms with Crippen LogP contribution in [0.5, 0.6) is 17.2 Å². The van der Waals surface area contributed by atoms with Crippen molar-refractivity contribution in [1.29, 1.82) is 0 Å². The third kappa shape index (κ3) is 4.03. The molecule has 2 N–H and O–H groups in total. The monoisotopic (exact) mass is 268 g/mol. The fraction of sp³-hybridized carbons (Fsp3) is 0.462. The Bertz CT molecular complexity index is 435. The summed E-state index contributed by atoms with van der Waals surface area (Å²) in [7, 11) is 6.33. The van der Waals surface area contributed by atoms with Crippen LogP contribution in [0.3, 0.4) is 0 Å². The predicted molar refractivity (Wildman–Crippen MR) is 71.9 cm³/mol. The molecule has 1 aromatic carbocycles. The number of carbonyl (C=O) groups is 1. The van der Waals surface area contributed by atoms with Crippen LogP contribution in [0.15, 0.2) is 12.1 Å². The fourth-order valence-corrected chi connectivity index (χ4v) is 1.63. The minimum absolute atomic E-state index is 0.0700. The first-order valence-corrected chi connectivity index (χ1v) is 5.86. The van der Waals surface area contributed by atoms with E-state index in [0.29, 0.717) is 23.8 Å². The molecule has 0 saturated carbocycles. The number of rotatable bonds is 7. The summed E-state index contributed by atoms with van der Waals surface area (Å²) in [6.07, 6.45) is 0. The molecular weight excluding hydrogens is 248 g/mol. The van der Waals surface area contributed by atoms with Crippen LogP contribution in [0.25, 0.3) is 0 Å². The molecule has 106 valence electrons. The van der Waals surface area contributed by atoms with Crippen molar-refractivity contribution in [3.05, 3.63) is 17.7 Å². The molecule has 1 amide bonds. The van der Waals surface area contributed by atoms with E-state index in [9.17, 15) is 4.79 Å². The first-order chi connectivity index (χ1) is 9.15. The number of methoxy groups -OCH3 is 3. The number of benzene rings is 1. The van der Waals surface area contributed by atoms with Crippen LogP contribution in [0.1, 0.15) is 5.56 Å². The fourth-order valence-electron chi connectivity index (χ4n) is 1.63. The Hall–Kier alpha value is -1.95. The second-order valence-corrected chi connectivity index (χ2v) is 3.80. The number of amides is 1. The van der Waals surface area contributed by atoms with E-state index in [0.717, 1.165) is 5.56 Å². The van der Waals surface area contributed by atoms with Gasteiger partial charge >= 0.3 is 0 Å². The molecule has 0 saturated heterocycles. The standard InChI is InChI=1S/C13H20N2O4/c1-14-13(16)8-15-7-9-5-11(18-3)12(19-4)6-10(9)17-2/h5-6,15H,7-8H2,1-4H3,(H,14,16). The van der Waals surface area contributed by atoms with E-state index in [1.807, 2.05) is 6.07 Å². The highest BCUT2D eigenvalue weighted by Gasteiger charge is 2.11. The average molecular weight is 268 g/mol. The number of carbonyl (C=O) groups excluding carboxylic acids is 1. The first kappa shape index (κ1) is 15.1. The molecule has 0 aliphatic carbocycles. The zero-order valence-corrected chi connectivity index (χ0v) is 11.7. The Morgan fingerprint density at radius 1 is 1.05 bits per heavy atom. The van der Waals surface area contributed by atoms with Gasteiger partial charge in [0.2, 0.25) is 5.91 Å². The second kappa shape index (κ2) is 7.48. The van der Waals surface area contributed by atoms with Crippen LogP contribution in [0.2, 0.25) is 0 Å². The molecule has 19 heavy (non-hydrogen) atoms. The van der Waals surface area contributed by atoms with Crippen molar-refractivity contribution in [2.45, 2.75) is 6.54 Å². The van der Waals surface area contributed by atoms with Crippen molar-refractivity contribution in [3.63, 3.8) is 0 Å². The Morgan fingerprint density at radius 3 is 2.16 bits per heavy atom. The van der Waals surface area contributed by atoms with Crippen molar-refractivity contribution in [2.24, 2.45) is 0 Å². The number of hydrogen-bond donors (Lipinski definition) is 2. The largest absolute Gasteiger partial charge is 0.496 e. The molecule has 6 heteroatoms. The molecule has 1 aromatic rings. The maximum atomic E-state index is 11.1. The highest BCUT2D eigenvalue weighted by atomic mass is 16.5. The molecule has 0 atom stereocenters. The number of likely N-dealkylation sites (N-methyl/N-ethyl adjacent to an activating group) is 1. The van der Waals surface area contributed by atoms with Crippen LogP contribution >= 0.6 is 0 Å². The smallest absolute Gasteiger partial charge is 0.233 e. The van der Waals surface area contributed by atoms with Gasteiger partial charge in [0.1, 0.15) is 5.75 Å². The van der Waals surface area contributed by atoms with Crippen LogP contribution in [0, 0.1) is 0 Å². The van der Waals surface area contributed by atoms with Crippen molar-refractivity contribution in [1.82, 2.24) is 10.6 Å². The molecule has 0 aliphatic rings. The molecule has 1 rings (SSSR count). The van der Waals surface area contributed by atoms with Crippen molar-refractivity contribution in [3.8, 4) is 17.2 Å². The van der Waals surface area contributed by atoms with Gasteiger partial charge in [-0.25, -0.2) is 0 Å². The van der Waals surface area contributed by atoms with E-state index >= 15 is 0 Å². The van der Waals surface area contributed by atoms with E-state index in [4.69, 9.17) is 14.2 Å². The number of hydrogen-bond acceptors (Lipinski definition) is 5. The Labute approximate surface area is 113 Å². The summed E-state index contributed by atoms with van der Waals surface area (Å²) < 4.78 is 15.7. The molecule has 0 bridgehead atoms. The lowest BCUT2D eigenvalue weighted by molar-refractivity contribution is -0.119. The van der Waals surface area contributed by atoms with Crippen LogP contribution in [-0.4, -0.2) is 40.8 Å². The molecule has 0 aromatic heterocycles. The van der Waals surface area contributed by atoms with Gasteiger partial charge in [-0.1, -0.05) is 0 Å². The third-order valence-corrected chi connectivity index (χ3v) is 2.67. The van der Waals surface area contributed by atoms with Gasteiger partial charge in [0.05, 0.1) is 27.9 Å². The topological polar surface area (TPSA) is 68.8 Å². The molecular formula is C13H20N2O4. The van der Waals surface area contributed by atoms with Crippen LogP contribution in [-0.2, 0) is 11.3 Å². The van der Waals surface area contributed by atoms with Gasteiger partial charge in [0.25, 0.3) is 0 Å². The van der Waals surface area contributed by atoms with Gasteiger partial charge < -0.3 is 24.8 Å². The van der Waals surface area contributed by atoms with Gasteiger partial charge in [-0.05, 0) is 6.07 Å². The van der Waals surface area contributed by atoms with Crippen molar-refractivity contribution in [2.75, 3.05) is 34.9 Å². The maximum absolute atomic E-state index is 11.1. The lowest BCUT2D eigenvalue weighted by Crippen LogP contribution is -2.31. The third-order valence-electron chi connectivity index (χ3n) is 2.67. The lowest BCUT2D eigenvalue weighted by Gasteiger charge is -2.14. The highest BCUT2D eigenvalue weighted by molar-refractivity contribution is 5.77. The molecule has 0 heterocycles. The van der Waals surface area contributed by atoms with E-state index < -0.39 is 0 Å². The summed E-state index contributed by atoms with van der Waals surface area (Å²) in [5.74, 6) is 1.84. The molecule has 0 fully saturated rings. The first-order valence-electron chi connectivity index (χ1n) is 5.86. The van der Waals surface area contributed by atoms with Crippen LogP contribution in [0.4, 0.5) is 0 Å². The quantitative estimate of drug-likeness (QED) is 0.756. The summed E-state index contributed by atoms with van der Waals surface area (Å²) in [6.45, 7) is 0.741. The number of ether oxygens (including phenoxy) is 3. The Morgan fingerprint density at radius 2 is 1.63 bits per heavy atom. The Balaban J connectivity index is 2.83. The average Bonchev–Trinajstić information content (AvgIpc) is 2.46. The summed E-state index contributed by atoms with van der Waals surface area (Å²) in [4.78, 5) is 11.1. The summed E-state index contributed by atoms with van der Waals surface area (Å²) in [5.41, 5.74) is 0.893. The minimum atomic E-state index is -0.0700.